The molecule has 0 aromatic heterocycles. The van der Waals surface area contributed by atoms with Gasteiger partial charge in [0.05, 0.1) is 16.1 Å². The summed E-state index contributed by atoms with van der Waals surface area (Å²) in [6.45, 7) is 1.86. The summed E-state index contributed by atoms with van der Waals surface area (Å²) < 4.78 is 25.6. The highest BCUT2D eigenvalue weighted by Gasteiger charge is 2.63. The average molecular weight is 351 g/mol. The van der Waals surface area contributed by atoms with Gasteiger partial charge in [-0.15, -0.1) is 0 Å². The third-order valence-electron chi connectivity index (χ3n) is 4.18. The molecule has 0 unspecified atom stereocenters. The fraction of sp³-hybridized carbons (Fsp3) is 0.235. The van der Waals surface area contributed by atoms with Crippen LogP contribution in [0.4, 0.5) is 0 Å². The summed E-state index contributed by atoms with van der Waals surface area (Å²) >= 11 is 5.94. The second-order valence-corrected chi connectivity index (χ2v) is 8.31. The van der Waals surface area contributed by atoms with E-state index in [1.54, 1.807) is 36.4 Å². The van der Waals surface area contributed by atoms with E-state index >= 15 is 0 Å². The van der Waals surface area contributed by atoms with Crippen molar-refractivity contribution < 1.29 is 18.3 Å². The van der Waals surface area contributed by atoms with Crippen molar-refractivity contribution >= 4 is 27.4 Å². The number of aryl methyl sites for hydroxylation is 1. The topological polar surface area (TPSA) is 71.4 Å². The van der Waals surface area contributed by atoms with Crippen LogP contribution in [0.3, 0.4) is 0 Å². The molecular weight excluding hydrogens is 336 g/mol. The predicted octanol–water partition coefficient (Wildman–Crippen LogP) is 3.29. The van der Waals surface area contributed by atoms with Crippen LogP contribution in [0.2, 0.25) is 5.02 Å². The third-order valence-corrected chi connectivity index (χ3v) is 6.65. The number of hydrogen-bond donors (Lipinski definition) is 1. The van der Waals surface area contributed by atoms with Gasteiger partial charge >= 0.3 is 5.97 Å². The minimum absolute atomic E-state index is 0.156. The Morgan fingerprint density at radius 1 is 1.13 bits per heavy atom. The van der Waals surface area contributed by atoms with Gasteiger partial charge in [-0.25, -0.2) is 8.42 Å². The average Bonchev–Trinajstić information content (AvgIpc) is 3.24. The molecule has 3 rings (SSSR count). The fourth-order valence-corrected chi connectivity index (χ4v) is 5.28. The molecule has 4 nitrogen and oxygen atoms in total. The van der Waals surface area contributed by atoms with Gasteiger partial charge in [-0.3, -0.25) is 4.79 Å². The van der Waals surface area contributed by atoms with E-state index in [-0.39, 0.29) is 4.90 Å². The van der Waals surface area contributed by atoms with Gasteiger partial charge in [0, 0.05) is 10.9 Å². The van der Waals surface area contributed by atoms with Crippen molar-refractivity contribution in [2.45, 2.75) is 23.0 Å². The third kappa shape index (κ3) is 2.86. The summed E-state index contributed by atoms with van der Waals surface area (Å²) in [5.74, 6) is -2.62. The first-order chi connectivity index (χ1) is 10.8. The monoisotopic (exact) mass is 350 g/mol. The first kappa shape index (κ1) is 16.0. The zero-order valence-corrected chi connectivity index (χ0v) is 13.9. The van der Waals surface area contributed by atoms with Crippen LogP contribution in [0.5, 0.6) is 0 Å². The second-order valence-electron chi connectivity index (χ2n) is 5.77. The van der Waals surface area contributed by atoms with Crippen LogP contribution in [-0.2, 0) is 14.6 Å². The van der Waals surface area contributed by atoms with Crippen LogP contribution in [0, 0.1) is 12.8 Å². The van der Waals surface area contributed by atoms with E-state index in [9.17, 15) is 18.3 Å². The Morgan fingerprint density at radius 2 is 1.78 bits per heavy atom. The van der Waals surface area contributed by atoms with Crippen LogP contribution in [0.1, 0.15) is 17.0 Å². The summed E-state index contributed by atoms with van der Waals surface area (Å²) in [7, 11) is -3.71. The normalized spacial score (nSPS) is 23.5. The Balaban J connectivity index is 2.00. The molecular formula is C17H15ClO4S. The molecule has 0 radical (unpaired) electrons. The Labute approximate surface area is 139 Å². The lowest BCUT2D eigenvalue weighted by Gasteiger charge is -2.05. The van der Waals surface area contributed by atoms with E-state index in [1.165, 1.54) is 12.1 Å². The standard InChI is InChI=1S/C17H15ClO4S/c1-10-5-7-13(8-6-10)23(21,22)16-14(15(16)17(19)20)11-3-2-4-12(18)9-11/h2-9,14-16H,1H3,(H,19,20)/t14-,15-,16-/m0/s1. The Morgan fingerprint density at radius 3 is 2.35 bits per heavy atom. The van der Waals surface area contributed by atoms with Crippen molar-refractivity contribution in [3.05, 3.63) is 64.7 Å². The maximum Gasteiger partial charge on any atom is 0.308 e. The van der Waals surface area contributed by atoms with Gasteiger partial charge in [0.15, 0.2) is 9.84 Å². The lowest BCUT2D eigenvalue weighted by Crippen LogP contribution is -2.13. The van der Waals surface area contributed by atoms with Crippen molar-refractivity contribution in [2.75, 3.05) is 0 Å². The van der Waals surface area contributed by atoms with Gasteiger partial charge in [-0.1, -0.05) is 41.4 Å². The van der Waals surface area contributed by atoms with E-state index in [4.69, 9.17) is 11.6 Å². The second kappa shape index (κ2) is 5.65. The molecule has 120 valence electrons. The molecule has 0 amide bonds. The van der Waals surface area contributed by atoms with E-state index in [2.05, 4.69) is 0 Å². The smallest absolute Gasteiger partial charge is 0.308 e. The summed E-state index contributed by atoms with van der Waals surface area (Å²) in [5.41, 5.74) is 1.59. The summed E-state index contributed by atoms with van der Waals surface area (Å²) in [6, 6.07) is 13.2. The molecule has 23 heavy (non-hydrogen) atoms. The predicted molar refractivity (Wildman–Crippen MR) is 87.5 cm³/mol. The first-order valence-corrected chi connectivity index (χ1v) is 9.03. The minimum atomic E-state index is -3.71. The lowest BCUT2D eigenvalue weighted by atomic mass is 10.1. The highest BCUT2D eigenvalue weighted by molar-refractivity contribution is 7.92. The van der Waals surface area contributed by atoms with Crippen molar-refractivity contribution in [1.82, 2.24) is 0 Å². The van der Waals surface area contributed by atoms with E-state index in [0.717, 1.165) is 5.56 Å². The molecule has 0 heterocycles. The van der Waals surface area contributed by atoms with Gasteiger partial charge in [0.25, 0.3) is 0 Å². The van der Waals surface area contributed by atoms with E-state index < -0.39 is 32.9 Å². The maximum atomic E-state index is 12.8. The SMILES string of the molecule is Cc1ccc(S(=O)(=O)[C@@H]2[C@@H](C(=O)O)[C@@H]2c2cccc(Cl)c2)cc1. The van der Waals surface area contributed by atoms with Crippen LogP contribution in [0.25, 0.3) is 0 Å². The Hall–Kier alpha value is -1.85. The number of carbonyl (C=O) groups is 1. The molecule has 0 aliphatic heterocycles. The van der Waals surface area contributed by atoms with Crippen LogP contribution < -0.4 is 0 Å². The van der Waals surface area contributed by atoms with Gasteiger partial charge in [0.2, 0.25) is 0 Å². The van der Waals surface area contributed by atoms with Gasteiger partial charge in [-0.05, 0) is 36.8 Å². The molecule has 3 atom stereocenters. The summed E-state index contributed by atoms with van der Waals surface area (Å²) in [6.07, 6.45) is 0. The first-order valence-electron chi connectivity index (χ1n) is 7.11. The molecule has 1 fully saturated rings. The molecule has 2 aromatic carbocycles. The molecule has 0 bridgehead atoms. The number of sulfone groups is 1. The maximum absolute atomic E-state index is 12.8. The number of rotatable bonds is 4. The molecule has 1 aliphatic rings. The van der Waals surface area contributed by atoms with Crippen LogP contribution in [-0.4, -0.2) is 24.7 Å². The zero-order chi connectivity index (χ0) is 16.8. The van der Waals surface area contributed by atoms with Crippen LogP contribution in [0.15, 0.2) is 53.4 Å². The largest absolute Gasteiger partial charge is 0.481 e. The van der Waals surface area contributed by atoms with Gasteiger partial charge in [-0.2, -0.15) is 0 Å². The van der Waals surface area contributed by atoms with Crippen molar-refractivity contribution in [3.63, 3.8) is 0 Å². The van der Waals surface area contributed by atoms with Crippen molar-refractivity contribution in [2.24, 2.45) is 5.92 Å². The highest BCUT2D eigenvalue weighted by atomic mass is 35.5. The van der Waals surface area contributed by atoms with E-state index in [0.29, 0.717) is 10.6 Å². The van der Waals surface area contributed by atoms with Crippen LogP contribution >= 0.6 is 11.6 Å². The molecule has 1 aliphatic carbocycles. The molecule has 0 saturated heterocycles. The summed E-state index contributed by atoms with van der Waals surface area (Å²) in [5, 5.41) is 8.89. The van der Waals surface area contributed by atoms with Gasteiger partial charge in [0.1, 0.15) is 0 Å². The molecule has 0 spiro atoms. The van der Waals surface area contributed by atoms with Gasteiger partial charge < -0.3 is 5.11 Å². The molecule has 1 N–H and O–H groups in total. The van der Waals surface area contributed by atoms with E-state index in [1.807, 2.05) is 6.92 Å². The molecule has 6 heteroatoms. The number of carboxylic acid groups (broad SMARTS) is 1. The Kier molecular flexibility index (Phi) is 3.94. The zero-order valence-electron chi connectivity index (χ0n) is 12.3. The number of benzene rings is 2. The fourth-order valence-electron chi connectivity index (χ4n) is 2.96. The lowest BCUT2D eigenvalue weighted by molar-refractivity contribution is -0.138. The van der Waals surface area contributed by atoms with Crippen molar-refractivity contribution in [1.29, 1.82) is 0 Å². The number of halogens is 1. The summed E-state index contributed by atoms with van der Waals surface area (Å²) in [4.78, 5) is 11.6. The molecule has 1 saturated carbocycles. The minimum Gasteiger partial charge on any atom is -0.481 e. The quantitative estimate of drug-likeness (QED) is 0.918. The highest BCUT2D eigenvalue weighted by Crippen LogP contribution is 2.54. The molecule has 2 aromatic rings. The number of carboxylic acids is 1. The van der Waals surface area contributed by atoms with Crippen molar-refractivity contribution in [3.8, 4) is 0 Å². The number of hydrogen-bond acceptors (Lipinski definition) is 3. The Bertz CT molecular complexity index is 858. The number of aliphatic carboxylic acids is 1.